The monoisotopic (exact) mass is 357 g/mol. The second-order valence-electron chi connectivity index (χ2n) is 6.94. The summed E-state index contributed by atoms with van der Waals surface area (Å²) < 4.78 is 1.63. The van der Waals surface area contributed by atoms with Crippen molar-refractivity contribution in [3.05, 3.63) is 41.3 Å². The van der Waals surface area contributed by atoms with Gasteiger partial charge in [-0.15, -0.1) is 0 Å². The Kier molecular flexibility index (Phi) is 3.80. The lowest BCUT2D eigenvalue weighted by Crippen LogP contribution is -2.26. The highest BCUT2D eigenvalue weighted by atomic mass is 35.5. The number of hydrogen-bond acceptors (Lipinski definition) is 4. The zero-order valence-electron chi connectivity index (χ0n) is 14.3. The maximum absolute atomic E-state index is 11.9. The van der Waals surface area contributed by atoms with Gasteiger partial charge in [-0.2, -0.15) is 5.10 Å². The van der Waals surface area contributed by atoms with Crippen LogP contribution in [0.2, 0.25) is 5.02 Å². The Bertz CT molecular complexity index is 862. The van der Waals surface area contributed by atoms with Crippen molar-refractivity contribution >= 4 is 23.3 Å². The third-order valence-corrected chi connectivity index (χ3v) is 5.46. The van der Waals surface area contributed by atoms with E-state index in [2.05, 4.69) is 27.6 Å². The largest absolute Gasteiger partial charge is 0.369 e. The van der Waals surface area contributed by atoms with Gasteiger partial charge in [0.2, 0.25) is 5.91 Å². The van der Waals surface area contributed by atoms with Gasteiger partial charge in [-0.3, -0.25) is 9.48 Å². The molecule has 0 radical (unpaired) electrons. The van der Waals surface area contributed by atoms with Crippen molar-refractivity contribution in [3.8, 4) is 11.1 Å². The summed E-state index contributed by atoms with van der Waals surface area (Å²) in [5, 5.41) is 8.42. The molecular formula is C18H20ClN5O. The molecule has 0 aromatic carbocycles. The molecule has 0 atom stereocenters. The topological polar surface area (TPSA) is 63.1 Å². The summed E-state index contributed by atoms with van der Waals surface area (Å²) in [4.78, 5) is 18.0. The number of carbonyl (C=O) groups excluding carboxylic acids is 1. The summed E-state index contributed by atoms with van der Waals surface area (Å²) in [6, 6.07) is 0. The number of amides is 1. The molecule has 2 aromatic rings. The molecule has 0 unspecified atom stereocenters. The zero-order chi connectivity index (χ0) is 17.6. The molecule has 1 aliphatic carbocycles. The first kappa shape index (κ1) is 16.1. The highest BCUT2D eigenvalue weighted by Crippen LogP contribution is 2.49. The molecule has 3 heterocycles. The Labute approximate surface area is 151 Å². The highest BCUT2D eigenvalue weighted by molar-refractivity contribution is 6.34. The Morgan fingerprint density at radius 3 is 2.84 bits per heavy atom. The van der Waals surface area contributed by atoms with E-state index >= 15 is 0 Å². The van der Waals surface area contributed by atoms with E-state index in [4.69, 9.17) is 11.6 Å². The van der Waals surface area contributed by atoms with Gasteiger partial charge in [-0.25, -0.2) is 4.98 Å². The number of likely N-dealkylation sites (N-methyl/N-ethyl adjacent to an activating group) is 1. The van der Waals surface area contributed by atoms with Crippen molar-refractivity contribution < 1.29 is 4.79 Å². The average molecular weight is 358 g/mol. The molecule has 130 valence electrons. The normalized spacial score (nSPS) is 16.9. The van der Waals surface area contributed by atoms with Gasteiger partial charge in [0.1, 0.15) is 12.4 Å². The lowest BCUT2D eigenvalue weighted by Gasteiger charge is -2.24. The van der Waals surface area contributed by atoms with E-state index in [0.717, 1.165) is 46.9 Å². The van der Waals surface area contributed by atoms with Gasteiger partial charge >= 0.3 is 0 Å². The van der Waals surface area contributed by atoms with Gasteiger partial charge in [-0.05, 0) is 12.8 Å². The molecule has 0 saturated heterocycles. The highest BCUT2D eigenvalue weighted by Gasteiger charge is 2.42. The van der Waals surface area contributed by atoms with Crippen LogP contribution in [0.5, 0.6) is 0 Å². The number of halogens is 1. The first-order valence-electron chi connectivity index (χ1n) is 8.31. The van der Waals surface area contributed by atoms with Crippen LogP contribution >= 0.6 is 11.6 Å². The Morgan fingerprint density at radius 1 is 1.36 bits per heavy atom. The second-order valence-corrected chi connectivity index (χ2v) is 7.32. The fourth-order valence-electron chi connectivity index (χ4n) is 3.57. The summed E-state index contributed by atoms with van der Waals surface area (Å²) in [7, 11) is 3.46. The van der Waals surface area contributed by atoms with Crippen LogP contribution in [0.15, 0.2) is 30.7 Å². The molecule has 25 heavy (non-hydrogen) atoms. The van der Waals surface area contributed by atoms with Crippen molar-refractivity contribution in [1.82, 2.24) is 19.7 Å². The molecule has 1 spiro atoms. The number of pyridine rings is 1. The molecule has 6 nitrogen and oxygen atoms in total. The molecule has 1 N–H and O–H groups in total. The summed E-state index contributed by atoms with van der Waals surface area (Å²) in [6.07, 6.45) is 11.8. The standard InChI is InChI=1S/C18H20ClN5O/c1-23(2)14(25)10-24-9-12(7-22-24)13-8-20-17-15(16(13)19)18(11-21-17)5-3-4-6-18/h3-4,7-9H,5-6,10-11H2,1-2H3,(H,20,21). The predicted octanol–water partition coefficient (Wildman–Crippen LogP) is 2.70. The number of anilines is 1. The Morgan fingerprint density at radius 2 is 2.12 bits per heavy atom. The number of fused-ring (bicyclic) bond motifs is 2. The zero-order valence-corrected chi connectivity index (χ0v) is 15.0. The van der Waals surface area contributed by atoms with Gasteiger partial charge in [0.15, 0.2) is 0 Å². The molecule has 2 aliphatic rings. The minimum absolute atomic E-state index is 0.00647. The maximum atomic E-state index is 11.9. The molecule has 1 aliphatic heterocycles. The number of nitrogens with one attached hydrogen (secondary N) is 1. The second kappa shape index (κ2) is 5.88. The van der Waals surface area contributed by atoms with Crippen LogP contribution in [-0.2, 0) is 16.8 Å². The van der Waals surface area contributed by atoms with E-state index in [-0.39, 0.29) is 17.9 Å². The molecule has 1 amide bonds. The van der Waals surface area contributed by atoms with E-state index in [1.807, 2.05) is 6.20 Å². The van der Waals surface area contributed by atoms with Crippen LogP contribution in [0.25, 0.3) is 11.1 Å². The Hall–Kier alpha value is -2.34. The molecule has 4 rings (SSSR count). The van der Waals surface area contributed by atoms with Gasteiger partial charge in [0.25, 0.3) is 0 Å². The van der Waals surface area contributed by atoms with Crippen LogP contribution in [0, 0.1) is 0 Å². The van der Waals surface area contributed by atoms with E-state index < -0.39 is 0 Å². The molecule has 0 saturated carbocycles. The van der Waals surface area contributed by atoms with Gasteiger partial charge in [0, 0.05) is 55.1 Å². The summed E-state index contributed by atoms with van der Waals surface area (Å²) in [5.41, 5.74) is 2.86. The van der Waals surface area contributed by atoms with Crippen LogP contribution in [-0.4, -0.2) is 46.2 Å². The SMILES string of the molecule is CN(C)C(=O)Cn1cc(-c2cnc3c(c2Cl)C2(CC=CC2)CN3)cn1. The van der Waals surface area contributed by atoms with Crippen molar-refractivity contribution in [2.24, 2.45) is 0 Å². The van der Waals surface area contributed by atoms with Crippen molar-refractivity contribution in [1.29, 1.82) is 0 Å². The number of rotatable bonds is 3. The van der Waals surface area contributed by atoms with Gasteiger partial charge in [-0.1, -0.05) is 23.8 Å². The van der Waals surface area contributed by atoms with E-state index in [0.29, 0.717) is 0 Å². The molecule has 7 heteroatoms. The fourth-order valence-corrected chi connectivity index (χ4v) is 4.02. The number of aromatic nitrogens is 3. The first-order chi connectivity index (χ1) is 12.0. The van der Waals surface area contributed by atoms with Crippen LogP contribution in [0.3, 0.4) is 0 Å². The minimum Gasteiger partial charge on any atom is -0.369 e. The van der Waals surface area contributed by atoms with E-state index in [9.17, 15) is 4.79 Å². The molecule has 0 bridgehead atoms. The molecular weight excluding hydrogens is 338 g/mol. The maximum Gasteiger partial charge on any atom is 0.243 e. The molecule has 0 fully saturated rings. The van der Waals surface area contributed by atoms with Gasteiger partial charge < -0.3 is 10.2 Å². The van der Waals surface area contributed by atoms with E-state index in [1.165, 1.54) is 0 Å². The smallest absolute Gasteiger partial charge is 0.243 e. The summed E-state index contributed by atoms with van der Waals surface area (Å²) in [6.45, 7) is 1.07. The number of allylic oxidation sites excluding steroid dienone is 2. The predicted molar refractivity (Wildman–Crippen MR) is 97.7 cm³/mol. The fraction of sp³-hybridized carbons (Fsp3) is 0.389. The quantitative estimate of drug-likeness (QED) is 0.858. The summed E-state index contributed by atoms with van der Waals surface area (Å²) in [5.74, 6) is 0.876. The number of nitrogens with zero attached hydrogens (tertiary/aromatic N) is 4. The lowest BCUT2D eigenvalue weighted by atomic mass is 9.80. The minimum atomic E-state index is -0.00647. The first-order valence-corrected chi connectivity index (χ1v) is 8.69. The number of hydrogen-bond donors (Lipinski definition) is 1. The Balaban J connectivity index is 1.69. The third kappa shape index (κ3) is 2.61. The van der Waals surface area contributed by atoms with E-state index in [1.54, 1.807) is 36.1 Å². The van der Waals surface area contributed by atoms with Crippen molar-refractivity contribution in [2.75, 3.05) is 26.0 Å². The molecule has 2 aromatic heterocycles. The van der Waals surface area contributed by atoms with Gasteiger partial charge in [0.05, 0.1) is 11.2 Å². The van der Waals surface area contributed by atoms with Crippen LogP contribution in [0.1, 0.15) is 18.4 Å². The van der Waals surface area contributed by atoms with Crippen molar-refractivity contribution in [3.63, 3.8) is 0 Å². The van der Waals surface area contributed by atoms with Crippen LogP contribution in [0.4, 0.5) is 5.82 Å². The van der Waals surface area contributed by atoms with Crippen molar-refractivity contribution in [2.45, 2.75) is 24.8 Å². The third-order valence-electron chi connectivity index (χ3n) is 5.06. The lowest BCUT2D eigenvalue weighted by molar-refractivity contribution is -0.129. The van der Waals surface area contributed by atoms with Crippen LogP contribution < -0.4 is 5.32 Å². The summed E-state index contributed by atoms with van der Waals surface area (Å²) >= 11 is 6.80. The number of carbonyl (C=O) groups is 1. The average Bonchev–Trinajstić information content (AvgIpc) is 3.30.